The van der Waals surface area contributed by atoms with E-state index in [1.54, 1.807) is 27.7 Å². The van der Waals surface area contributed by atoms with Crippen LogP contribution in [0.15, 0.2) is 0 Å². The molecule has 0 fully saturated rings. The lowest BCUT2D eigenvalue weighted by Gasteiger charge is -2.26. The molecule has 7 N–H and O–H groups in total. The van der Waals surface area contributed by atoms with E-state index in [1.165, 1.54) is 0 Å². The summed E-state index contributed by atoms with van der Waals surface area (Å²) < 4.78 is 0. The monoisotopic (exact) mass is 458 g/mol. The molecule has 0 saturated carbocycles. The highest BCUT2D eigenvalue weighted by Crippen LogP contribution is 2.09. The van der Waals surface area contributed by atoms with Crippen molar-refractivity contribution in [2.75, 3.05) is 0 Å². The number of carbonyl (C=O) groups is 5. The van der Waals surface area contributed by atoms with Gasteiger partial charge in [0.2, 0.25) is 17.7 Å². The quantitative estimate of drug-likeness (QED) is 0.211. The number of rotatable bonds is 14. The Labute approximate surface area is 188 Å². The van der Waals surface area contributed by atoms with Crippen molar-refractivity contribution in [3.63, 3.8) is 0 Å². The second kappa shape index (κ2) is 13.7. The molecule has 0 heterocycles. The Hall–Kier alpha value is -2.69. The van der Waals surface area contributed by atoms with Gasteiger partial charge in [0.1, 0.15) is 18.1 Å². The van der Waals surface area contributed by atoms with E-state index in [4.69, 9.17) is 10.8 Å². The van der Waals surface area contributed by atoms with Crippen LogP contribution in [0.2, 0.25) is 0 Å². The van der Waals surface area contributed by atoms with E-state index in [9.17, 15) is 29.1 Å². The van der Waals surface area contributed by atoms with Crippen LogP contribution in [0.4, 0.5) is 0 Å². The first-order valence-electron chi connectivity index (χ1n) is 10.8. The molecule has 0 spiro atoms. The molecule has 11 heteroatoms. The molecule has 0 aliphatic carbocycles. The van der Waals surface area contributed by atoms with Crippen molar-refractivity contribution < 1.29 is 34.2 Å². The first-order valence-corrected chi connectivity index (χ1v) is 10.8. The van der Waals surface area contributed by atoms with Gasteiger partial charge in [-0.15, -0.1) is 0 Å². The Balaban J connectivity index is 5.54. The summed E-state index contributed by atoms with van der Waals surface area (Å²) in [6, 6.07) is -4.63. The van der Waals surface area contributed by atoms with Crippen LogP contribution in [0.5, 0.6) is 0 Å². The van der Waals surface area contributed by atoms with Gasteiger partial charge in [0.05, 0.1) is 12.5 Å². The van der Waals surface area contributed by atoms with Crippen LogP contribution in [0, 0.1) is 17.8 Å². The molecule has 0 bridgehead atoms. The largest absolute Gasteiger partial charge is 0.481 e. The van der Waals surface area contributed by atoms with Crippen LogP contribution < -0.4 is 21.7 Å². The van der Waals surface area contributed by atoms with Crippen molar-refractivity contribution in [1.82, 2.24) is 16.0 Å². The van der Waals surface area contributed by atoms with Crippen LogP contribution >= 0.6 is 0 Å². The molecule has 184 valence electrons. The number of hydrogen-bond acceptors (Lipinski definition) is 6. The topological polar surface area (TPSA) is 188 Å². The average molecular weight is 459 g/mol. The van der Waals surface area contributed by atoms with Crippen LogP contribution in [-0.4, -0.2) is 64.0 Å². The second-order valence-corrected chi connectivity index (χ2v) is 9.15. The van der Waals surface area contributed by atoms with Gasteiger partial charge >= 0.3 is 11.9 Å². The number of carboxylic acids is 2. The molecule has 0 aromatic rings. The number of amides is 3. The van der Waals surface area contributed by atoms with Gasteiger partial charge in [0.25, 0.3) is 0 Å². The number of aliphatic carboxylic acids is 2. The minimum absolute atomic E-state index is 0.00416. The summed E-state index contributed by atoms with van der Waals surface area (Å²) in [6.07, 6.45) is -0.387. The Morgan fingerprint density at radius 3 is 1.50 bits per heavy atom. The van der Waals surface area contributed by atoms with Crippen molar-refractivity contribution in [3.05, 3.63) is 0 Å². The third kappa shape index (κ3) is 11.1. The van der Waals surface area contributed by atoms with Crippen molar-refractivity contribution in [1.29, 1.82) is 0 Å². The zero-order valence-corrected chi connectivity index (χ0v) is 19.7. The Bertz CT molecular complexity index is 679. The van der Waals surface area contributed by atoms with Gasteiger partial charge in [-0.25, -0.2) is 4.79 Å². The molecule has 4 unspecified atom stereocenters. The number of nitrogens with one attached hydrogen (secondary N) is 3. The number of carbonyl (C=O) groups excluding carboxylic acids is 3. The van der Waals surface area contributed by atoms with Crippen molar-refractivity contribution in [2.45, 2.75) is 85.0 Å². The number of nitrogens with two attached hydrogens (primary N) is 1. The first kappa shape index (κ1) is 29.3. The summed E-state index contributed by atoms with van der Waals surface area (Å²) >= 11 is 0. The van der Waals surface area contributed by atoms with E-state index in [1.807, 2.05) is 13.8 Å². The molecule has 0 rings (SSSR count). The van der Waals surface area contributed by atoms with Gasteiger partial charge in [0.15, 0.2) is 0 Å². The predicted molar refractivity (Wildman–Crippen MR) is 117 cm³/mol. The molecule has 0 aliphatic rings. The maximum atomic E-state index is 12.8. The van der Waals surface area contributed by atoms with Gasteiger partial charge in [-0.05, 0) is 30.6 Å². The SMILES string of the molecule is CC(C)CC(NC(=O)C(CC(=O)O)NC(=O)C(CC(C)C)NC(=O)C(N)C(C)C)C(=O)O. The van der Waals surface area contributed by atoms with E-state index in [-0.39, 0.29) is 30.6 Å². The molecule has 11 nitrogen and oxygen atoms in total. The molecule has 3 amide bonds. The van der Waals surface area contributed by atoms with Crippen LogP contribution in [0.3, 0.4) is 0 Å². The van der Waals surface area contributed by atoms with Gasteiger partial charge in [-0.1, -0.05) is 41.5 Å². The third-order valence-corrected chi connectivity index (χ3v) is 4.69. The lowest BCUT2D eigenvalue weighted by atomic mass is 10.00. The summed E-state index contributed by atoms with van der Waals surface area (Å²) in [7, 11) is 0. The van der Waals surface area contributed by atoms with Gasteiger partial charge in [-0.2, -0.15) is 0 Å². The van der Waals surface area contributed by atoms with E-state index in [2.05, 4.69) is 16.0 Å². The molecular weight excluding hydrogens is 420 g/mol. The highest BCUT2D eigenvalue weighted by Gasteiger charge is 2.32. The molecule has 0 aliphatic heterocycles. The summed E-state index contributed by atoms with van der Waals surface area (Å²) in [5.74, 6) is -5.05. The van der Waals surface area contributed by atoms with E-state index >= 15 is 0 Å². The normalized spacial score (nSPS) is 15.1. The molecule has 0 aromatic carbocycles. The molecular formula is C21H38N4O7. The fraction of sp³-hybridized carbons (Fsp3) is 0.762. The minimum atomic E-state index is -1.51. The standard InChI is InChI=1S/C21H38N4O7/c1-10(2)7-13(24-20(30)17(22)12(5)6)18(28)23-14(9-16(26)27)19(29)25-15(21(31)32)8-11(3)4/h10-15,17H,7-9,22H2,1-6H3,(H,23,28)(H,24,30)(H,25,29)(H,26,27)(H,31,32). The maximum Gasteiger partial charge on any atom is 0.326 e. The highest BCUT2D eigenvalue weighted by atomic mass is 16.4. The van der Waals surface area contributed by atoms with Crippen LogP contribution in [0.25, 0.3) is 0 Å². The van der Waals surface area contributed by atoms with E-state index in [0.717, 1.165) is 0 Å². The zero-order valence-electron chi connectivity index (χ0n) is 19.7. The molecule has 0 aromatic heterocycles. The lowest BCUT2D eigenvalue weighted by Crippen LogP contribution is -2.58. The fourth-order valence-corrected chi connectivity index (χ4v) is 2.90. The van der Waals surface area contributed by atoms with Crippen LogP contribution in [0.1, 0.15) is 60.8 Å². The van der Waals surface area contributed by atoms with E-state index in [0.29, 0.717) is 0 Å². The van der Waals surface area contributed by atoms with Crippen LogP contribution in [-0.2, 0) is 24.0 Å². The van der Waals surface area contributed by atoms with Crippen molar-refractivity contribution >= 4 is 29.7 Å². The first-order chi connectivity index (χ1) is 14.6. The van der Waals surface area contributed by atoms with Gasteiger partial charge < -0.3 is 31.9 Å². The second-order valence-electron chi connectivity index (χ2n) is 9.15. The van der Waals surface area contributed by atoms with Gasteiger partial charge in [0, 0.05) is 0 Å². The average Bonchev–Trinajstić information content (AvgIpc) is 2.64. The summed E-state index contributed by atoms with van der Waals surface area (Å²) in [5.41, 5.74) is 5.84. The Morgan fingerprint density at radius 1 is 0.688 bits per heavy atom. The number of carboxylic acid groups (broad SMARTS) is 2. The Kier molecular flexibility index (Phi) is 12.5. The maximum absolute atomic E-state index is 12.8. The molecule has 0 saturated heterocycles. The van der Waals surface area contributed by atoms with Gasteiger partial charge in [-0.3, -0.25) is 19.2 Å². The van der Waals surface area contributed by atoms with Crippen molar-refractivity contribution in [3.8, 4) is 0 Å². The molecule has 32 heavy (non-hydrogen) atoms. The molecule has 4 atom stereocenters. The lowest BCUT2D eigenvalue weighted by molar-refractivity contribution is -0.144. The smallest absolute Gasteiger partial charge is 0.326 e. The summed E-state index contributed by atoms with van der Waals surface area (Å²) in [5, 5.41) is 25.7. The highest BCUT2D eigenvalue weighted by molar-refractivity contribution is 5.95. The fourth-order valence-electron chi connectivity index (χ4n) is 2.90. The molecule has 0 radical (unpaired) electrons. The number of hydrogen-bond donors (Lipinski definition) is 6. The minimum Gasteiger partial charge on any atom is -0.481 e. The Morgan fingerprint density at radius 2 is 1.09 bits per heavy atom. The van der Waals surface area contributed by atoms with E-state index < -0.39 is 60.2 Å². The summed E-state index contributed by atoms with van der Waals surface area (Å²) in [4.78, 5) is 60.5. The third-order valence-electron chi connectivity index (χ3n) is 4.69. The van der Waals surface area contributed by atoms with Crippen molar-refractivity contribution in [2.24, 2.45) is 23.5 Å². The predicted octanol–water partition coefficient (Wildman–Crippen LogP) is 0.0756. The summed E-state index contributed by atoms with van der Waals surface area (Å²) in [6.45, 7) is 10.7. The zero-order chi connectivity index (χ0) is 25.2.